The lowest BCUT2D eigenvalue weighted by Crippen LogP contribution is -2.53. The molecule has 0 aromatic rings. The van der Waals surface area contributed by atoms with Crippen molar-refractivity contribution in [2.75, 3.05) is 13.1 Å². The van der Waals surface area contributed by atoms with Crippen LogP contribution in [0.1, 0.15) is 33.6 Å². The summed E-state index contributed by atoms with van der Waals surface area (Å²) in [5.41, 5.74) is -0.752. The van der Waals surface area contributed by atoms with Crippen molar-refractivity contribution < 1.29 is 9.90 Å². The Hall–Kier alpha value is -0.610. The van der Waals surface area contributed by atoms with E-state index in [1.807, 2.05) is 13.8 Å². The van der Waals surface area contributed by atoms with Gasteiger partial charge < -0.3 is 15.7 Å². The van der Waals surface area contributed by atoms with Crippen LogP contribution in [-0.4, -0.2) is 35.7 Å². The lowest BCUT2D eigenvalue weighted by Gasteiger charge is -2.31. The monoisotopic (exact) mass is 214 g/mol. The fourth-order valence-corrected chi connectivity index (χ4v) is 1.50. The van der Waals surface area contributed by atoms with Crippen molar-refractivity contribution in [3.63, 3.8) is 0 Å². The minimum absolute atomic E-state index is 0.0563. The molecule has 2 unspecified atom stereocenters. The van der Waals surface area contributed by atoms with E-state index in [-0.39, 0.29) is 17.9 Å². The lowest BCUT2D eigenvalue weighted by atomic mass is 9.92. The van der Waals surface area contributed by atoms with Crippen LogP contribution in [0.2, 0.25) is 0 Å². The van der Waals surface area contributed by atoms with Crippen molar-refractivity contribution in [2.45, 2.75) is 45.3 Å². The summed E-state index contributed by atoms with van der Waals surface area (Å²) in [6.07, 6.45) is 1.87. The predicted molar refractivity (Wildman–Crippen MR) is 59.5 cm³/mol. The molecule has 2 atom stereocenters. The zero-order chi connectivity index (χ0) is 11.5. The molecule has 1 amide bonds. The Bertz CT molecular complexity index is 227. The molecule has 15 heavy (non-hydrogen) atoms. The van der Waals surface area contributed by atoms with Gasteiger partial charge >= 0.3 is 0 Å². The average Bonchev–Trinajstić information content (AvgIpc) is 2.16. The van der Waals surface area contributed by atoms with Crippen LogP contribution in [-0.2, 0) is 4.79 Å². The Balaban J connectivity index is 2.38. The van der Waals surface area contributed by atoms with E-state index in [0.717, 1.165) is 19.4 Å². The SMILES string of the molecule is CC(C)C(C)(O)CNC1CCCNC1=O. The van der Waals surface area contributed by atoms with E-state index in [4.69, 9.17) is 0 Å². The van der Waals surface area contributed by atoms with Gasteiger partial charge in [-0.2, -0.15) is 0 Å². The van der Waals surface area contributed by atoms with Crippen LogP contribution in [0, 0.1) is 5.92 Å². The van der Waals surface area contributed by atoms with Gasteiger partial charge in [0.15, 0.2) is 0 Å². The van der Waals surface area contributed by atoms with Crippen LogP contribution in [0.3, 0.4) is 0 Å². The molecular weight excluding hydrogens is 192 g/mol. The molecule has 0 aromatic carbocycles. The second-order valence-electron chi connectivity index (χ2n) is 4.88. The minimum atomic E-state index is -0.752. The lowest BCUT2D eigenvalue weighted by molar-refractivity contribution is -0.124. The molecule has 0 bridgehead atoms. The number of nitrogens with one attached hydrogen (secondary N) is 2. The highest BCUT2D eigenvalue weighted by atomic mass is 16.3. The largest absolute Gasteiger partial charge is 0.389 e. The molecule has 1 fully saturated rings. The first-order valence-electron chi connectivity index (χ1n) is 5.67. The molecule has 1 rings (SSSR count). The average molecular weight is 214 g/mol. The molecule has 3 N–H and O–H groups in total. The zero-order valence-corrected chi connectivity index (χ0v) is 9.84. The van der Waals surface area contributed by atoms with Gasteiger partial charge in [-0.05, 0) is 25.7 Å². The first-order valence-corrected chi connectivity index (χ1v) is 5.67. The van der Waals surface area contributed by atoms with Crippen molar-refractivity contribution in [2.24, 2.45) is 5.92 Å². The van der Waals surface area contributed by atoms with Gasteiger partial charge in [-0.3, -0.25) is 4.79 Å². The second-order valence-corrected chi connectivity index (χ2v) is 4.88. The molecule has 0 aromatic heterocycles. The van der Waals surface area contributed by atoms with Gasteiger partial charge in [0, 0.05) is 13.1 Å². The molecule has 4 heteroatoms. The number of aliphatic hydroxyl groups is 1. The Labute approximate surface area is 91.4 Å². The molecular formula is C11H22N2O2. The van der Waals surface area contributed by atoms with E-state index in [9.17, 15) is 9.90 Å². The van der Waals surface area contributed by atoms with Crippen LogP contribution < -0.4 is 10.6 Å². The maximum Gasteiger partial charge on any atom is 0.237 e. The first-order chi connectivity index (χ1) is 6.93. The Morgan fingerprint density at radius 1 is 1.67 bits per heavy atom. The van der Waals surface area contributed by atoms with Gasteiger partial charge in [0.05, 0.1) is 11.6 Å². The summed E-state index contributed by atoms with van der Waals surface area (Å²) in [5, 5.41) is 16.0. The van der Waals surface area contributed by atoms with Crippen molar-refractivity contribution in [1.82, 2.24) is 10.6 Å². The summed E-state index contributed by atoms with van der Waals surface area (Å²) in [7, 11) is 0. The molecule has 0 saturated carbocycles. The van der Waals surface area contributed by atoms with Gasteiger partial charge in [0.25, 0.3) is 0 Å². The van der Waals surface area contributed by atoms with Crippen molar-refractivity contribution in [3.05, 3.63) is 0 Å². The van der Waals surface area contributed by atoms with Crippen LogP contribution in [0.5, 0.6) is 0 Å². The van der Waals surface area contributed by atoms with Crippen molar-refractivity contribution in [1.29, 1.82) is 0 Å². The standard InChI is InChI=1S/C11H22N2O2/c1-8(2)11(3,15)7-13-9-5-4-6-12-10(9)14/h8-9,13,15H,4-7H2,1-3H3,(H,12,14). The van der Waals surface area contributed by atoms with Crippen molar-refractivity contribution >= 4 is 5.91 Å². The third kappa shape index (κ3) is 3.47. The normalized spacial score (nSPS) is 26.2. The van der Waals surface area contributed by atoms with Gasteiger partial charge in [0.2, 0.25) is 5.91 Å². The van der Waals surface area contributed by atoms with E-state index in [2.05, 4.69) is 10.6 Å². The van der Waals surface area contributed by atoms with Gasteiger partial charge in [-0.15, -0.1) is 0 Å². The highest BCUT2D eigenvalue weighted by Gasteiger charge is 2.28. The second kappa shape index (κ2) is 4.94. The third-order valence-corrected chi connectivity index (χ3v) is 3.24. The number of carbonyl (C=O) groups excluding carboxylic acids is 1. The molecule has 1 aliphatic heterocycles. The Morgan fingerprint density at radius 2 is 2.33 bits per heavy atom. The van der Waals surface area contributed by atoms with Crippen molar-refractivity contribution in [3.8, 4) is 0 Å². The predicted octanol–water partition coefficient (Wildman–Crippen LogP) is 0.262. The number of hydrogen-bond donors (Lipinski definition) is 3. The third-order valence-electron chi connectivity index (χ3n) is 3.24. The van der Waals surface area contributed by atoms with E-state index >= 15 is 0 Å². The molecule has 0 radical (unpaired) electrons. The summed E-state index contributed by atoms with van der Waals surface area (Å²) >= 11 is 0. The molecule has 88 valence electrons. The Morgan fingerprint density at radius 3 is 2.87 bits per heavy atom. The van der Waals surface area contributed by atoms with Crippen LogP contribution >= 0.6 is 0 Å². The zero-order valence-electron chi connectivity index (χ0n) is 9.84. The number of hydrogen-bond acceptors (Lipinski definition) is 3. The Kier molecular flexibility index (Phi) is 4.11. The number of amides is 1. The summed E-state index contributed by atoms with van der Waals surface area (Å²) < 4.78 is 0. The van der Waals surface area contributed by atoms with Crippen LogP contribution in [0.4, 0.5) is 0 Å². The molecule has 0 aliphatic carbocycles. The van der Waals surface area contributed by atoms with E-state index < -0.39 is 5.60 Å². The van der Waals surface area contributed by atoms with E-state index in [1.165, 1.54) is 0 Å². The fraction of sp³-hybridized carbons (Fsp3) is 0.909. The fourth-order valence-electron chi connectivity index (χ4n) is 1.50. The number of piperidine rings is 1. The summed E-state index contributed by atoms with van der Waals surface area (Å²) in [6.45, 7) is 6.98. The molecule has 0 spiro atoms. The van der Waals surface area contributed by atoms with E-state index in [0.29, 0.717) is 6.54 Å². The number of rotatable bonds is 4. The minimum Gasteiger partial charge on any atom is -0.389 e. The summed E-state index contributed by atoms with van der Waals surface area (Å²) in [4.78, 5) is 11.4. The topological polar surface area (TPSA) is 61.4 Å². The smallest absolute Gasteiger partial charge is 0.237 e. The highest BCUT2D eigenvalue weighted by Crippen LogP contribution is 2.15. The quantitative estimate of drug-likeness (QED) is 0.629. The highest BCUT2D eigenvalue weighted by molar-refractivity contribution is 5.82. The van der Waals surface area contributed by atoms with Gasteiger partial charge in [0.1, 0.15) is 0 Å². The maximum atomic E-state index is 11.4. The first kappa shape index (κ1) is 12.5. The van der Waals surface area contributed by atoms with Crippen LogP contribution in [0.15, 0.2) is 0 Å². The molecule has 1 aliphatic rings. The molecule has 4 nitrogen and oxygen atoms in total. The van der Waals surface area contributed by atoms with Gasteiger partial charge in [-0.25, -0.2) is 0 Å². The number of carbonyl (C=O) groups is 1. The molecule has 1 heterocycles. The van der Waals surface area contributed by atoms with Crippen LogP contribution in [0.25, 0.3) is 0 Å². The van der Waals surface area contributed by atoms with Gasteiger partial charge in [-0.1, -0.05) is 13.8 Å². The molecule has 1 saturated heterocycles. The van der Waals surface area contributed by atoms with E-state index in [1.54, 1.807) is 6.92 Å². The maximum absolute atomic E-state index is 11.4. The summed E-state index contributed by atoms with van der Waals surface area (Å²) in [6, 6.07) is -0.135. The summed E-state index contributed by atoms with van der Waals surface area (Å²) in [5.74, 6) is 0.234.